The van der Waals surface area contributed by atoms with Crippen LogP contribution in [-0.2, 0) is 6.54 Å². The molecule has 0 unspecified atom stereocenters. The molecule has 0 atom stereocenters. The Kier molecular flexibility index (Phi) is 3.50. The average molecular weight is 338 g/mol. The molecule has 0 amide bonds. The van der Waals surface area contributed by atoms with Gasteiger partial charge in [-0.3, -0.25) is 9.36 Å². The third-order valence-corrected chi connectivity index (χ3v) is 4.83. The highest BCUT2D eigenvalue weighted by molar-refractivity contribution is 7.13. The molecule has 0 saturated heterocycles. The summed E-state index contributed by atoms with van der Waals surface area (Å²) in [5.74, 6) is 0.716. The molecule has 0 aliphatic heterocycles. The van der Waals surface area contributed by atoms with E-state index in [0.29, 0.717) is 22.5 Å². The van der Waals surface area contributed by atoms with Crippen LogP contribution in [0.3, 0.4) is 0 Å². The van der Waals surface area contributed by atoms with E-state index in [1.54, 1.807) is 10.9 Å². The van der Waals surface area contributed by atoms with Gasteiger partial charge < -0.3 is 4.52 Å². The zero-order valence-corrected chi connectivity index (χ0v) is 14.0. The molecule has 0 radical (unpaired) electrons. The smallest absolute Gasteiger partial charge is 0.273 e. The van der Waals surface area contributed by atoms with Crippen LogP contribution < -0.4 is 5.56 Å². The number of aryl methyl sites for hydroxylation is 2. The van der Waals surface area contributed by atoms with E-state index in [0.717, 1.165) is 22.5 Å². The lowest BCUT2D eigenvalue weighted by molar-refractivity contribution is 0.392. The highest BCUT2D eigenvalue weighted by atomic mass is 32.1. The number of fused-ring (bicyclic) bond motifs is 1. The first kappa shape index (κ1) is 14.8. The van der Waals surface area contributed by atoms with E-state index in [1.165, 1.54) is 11.5 Å². The van der Waals surface area contributed by atoms with Crippen molar-refractivity contribution in [2.75, 3.05) is 0 Å². The van der Waals surface area contributed by atoms with Crippen LogP contribution >= 0.6 is 11.5 Å². The summed E-state index contributed by atoms with van der Waals surface area (Å²) in [5.41, 5.74) is 3.95. The summed E-state index contributed by atoms with van der Waals surface area (Å²) in [6.45, 7) is 4.09. The van der Waals surface area contributed by atoms with Gasteiger partial charge in [-0.15, -0.1) is 0 Å². The minimum Gasteiger partial charge on any atom is -0.361 e. The molecule has 120 valence electrons. The first-order valence-corrected chi connectivity index (χ1v) is 8.24. The van der Waals surface area contributed by atoms with Gasteiger partial charge in [0.2, 0.25) is 0 Å². The van der Waals surface area contributed by atoms with Crippen LogP contribution in [0, 0.1) is 13.8 Å². The Hall–Kier alpha value is -2.80. The lowest BCUT2D eigenvalue weighted by Gasteiger charge is -2.04. The summed E-state index contributed by atoms with van der Waals surface area (Å²) in [6, 6.07) is 9.76. The van der Waals surface area contributed by atoms with Gasteiger partial charge in [0.05, 0.1) is 18.6 Å². The van der Waals surface area contributed by atoms with Crippen molar-refractivity contribution in [2.24, 2.45) is 0 Å². The molecular weight excluding hydrogens is 324 g/mol. The highest BCUT2D eigenvalue weighted by Gasteiger charge is 2.16. The van der Waals surface area contributed by atoms with Gasteiger partial charge in [-0.25, -0.2) is 4.98 Å². The van der Waals surface area contributed by atoms with E-state index in [4.69, 9.17) is 4.52 Å². The van der Waals surface area contributed by atoms with Gasteiger partial charge >= 0.3 is 0 Å². The fourth-order valence-electron chi connectivity index (χ4n) is 2.65. The topological polar surface area (TPSA) is 73.8 Å². The third kappa shape index (κ3) is 2.33. The fourth-order valence-corrected chi connectivity index (χ4v) is 3.46. The van der Waals surface area contributed by atoms with Crippen molar-refractivity contribution in [2.45, 2.75) is 20.4 Å². The summed E-state index contributed by atoms with van der Waals surface area (Å²) >= 11 is 1.19. The minimum atomic E-state index is -0.0975. The molecule has 3 heterocycles. The zero-order valence-electron chi connectivity index (χ0n) is 13.2. The molecular formula is C17H14N4O2S. The van der Waals surface area contributed by atoms with Crippen molar-refractivity contribution < 1.29 is 4.52 Å². The number of rotatable bonds is 3. The van der Waals surface area contributed by atoms with Crippen molar-refractivity contribution in [3.05, 3.63) is 64.0 Å². The van der Waals surface area contributed by atoms with Crippen molar-refractivity contribution >= 4 is 21.7 Å². The van der Waals surface area contributed by atoms with Crippen molar-refractivity contribution in [1.29, 1.82) is 0 Å². The zero-order chi connectivity index (χ0) is 16.7. The molecule has 24 heavy (non-hydrogen) atoms. The van der Waals surface area contributed by atoms with E-state index in [2.05, 4.69) is 14.5 Å². The Morgan fingerprint density at radius 3 is 2.71 bits per heavy atom. The maximum absolute atomic E-state index is 12.8. The van der Waals surface area contributed by atoms with Crippen LogP contribution in [-0.4, -0.2) is 19.1 Å². The molecule has 1 aromatic carbocycles. The molecule has 0 N–H and O–H groups in total. The van der Waals surface area contributed by atoms with Crippen molar-refractivity contribution in [3.63, 3.8) is 0 Å². The minimum absolute atomic E-state index is 0.0975. The Labute approximate surface area is 141 Å². The van der Waals surface area contributed by atoms with Gasteiger partial charge in [0.25, 0.3) is 5.56 Å². The standard InChI is InChI=1S/C17H14N4O2S/c1-10-13(11(2)23-19-10)8-21-9-18-15-14(12-6-4-3-5-7-12)20-24-16(15)17(21)22/h3-7,9H,8H2,1-2H3. The van der Waals surface area contributed by atoms with Crippen LogP contribution in [0.15, 0.2) is 46.0 Å². The molecule has 7 heteroatoms. The summed E-state index contributed by atoms with van der Waals surface area (Å²) < 4.78 is 11.7. The number of nitrogens with zero attached hydrogens (tertiary/aromatic N) is 4. The third-order valence-electron chi connectivity index (χ3n) is 4.01. The largest absolute Gasteiger partial charge is 0.361 e. The predicted octanol–water partition coefficient (Wildman–Crippen LogP) is 3.17. The number of aromatic nitrogens is 4. The first-order valence-electron chi connectivity index (χ1n) is 7.47. The average Bonchev–Trinajstić information content (AvgIpc) is 3.17. The second-order valence-electron chi connectivity index (χ2n) is 5.56. The van der Waals surface area contributed by atoms with E-state index >= 15 is 0 Å². The lowest BCUT2D eigenvalue weighted by Crippen LogP contribution is -2.20. The predicted molar refractivity (Wildman–Crippen MR) is 92.2 cm³/mol. The molecule has 0 saturated carbocycles. The lowest BCUT2D eigenvalue weighted by atomic mass is 10.1. The van der Waals surface area contributed by atoms with E-state index in [-0.39, 0.29) is 5.56 Å². The highest BCUT2D eigenvalue weighted by Crippen LogP contribution is 2.27. The molecule has 4 rings (SSSR count). The van der Waals surface area contributed by atoms with Gasteiger partial charge in [-0.1, -0.05) is 35.5 Å². The van der Waals surface area contributed by atoms with E-state index in [1.807, 2.05) is 44.2 Å². The molecule has 0 fully saturated rings. The first-order chi connectivity index (χ1) is 11.6. The Morgan fingerprint density at radius 1 is 1.21 bits per heavy atom. The second kappa shape index (κ2) is 5.68. The van der Waals surface area contributed by atoms with Crippen LogP contribution in [0.4, 0.5) is 0 Å². The second-order valence-corrected chi connectivity index (χ2v) is 6.33. The van der Waals surface area contributed by atoms with Crippen LogP contribution in [0.5, 0.6) is 0 Å². The van der Waals surface area contributed by atoms with Gasteiger partial charge in [-0.05, 0) is 25.4 Å². The molecule has 6 nitrogen and oxygen atoms in total. The summed E-state index contributed by atoms with van der Waals surface area (Å²) in [4.78, 5) is 17.2. The molecule has 0 spiro atoms. The summed E-state index contributed by atoms with van der Waals surface area (Å²) in [6.07, 6.45) is 1.57. The number of benzene rings is 1. The van der Waals surface area contributed by atoms with E-state index < -0.39 is 0 Å². The van der Waals surface area contributed by atoms with E-state index in [9.17, 15) is 4.79 Å². The Balaban J connectivity index is 1.81. The normalized spacial score (nSPS) is 11.2. The number of hydrogen-bond donors (Lipinski definition) is 0. The SMILES string of the molecule is Cc1noc(C)c1Cn1cnc2c(-c3ccccc3)nsc2c1=O. The van der Waals surface area contributed by atoms with Crippen LogP contribution in [0.25, 0.3) is 21.5 Å². The molecule has 4 aromatic rings. The summed E-state index contributed by atoms with van der Waals surface area (Å²) in [7, 11) is 0. The Bertz CT molecular complexity index is 1060. The van der Waals surface area contributed by atoms with Gasteiger partial charge in [0, 0.05) is 11.1 Å². The maximum atomic E-state index is 12.8. The molecule has 0 aliphatic rings. The number of hydrogen-bond acceptors (Lipinski definition) is 6. The molecule has 0 aliphatic carbocycles. The van der Waals surface area contributed by atoms with Crippen LogP contribution in [0.1, 0.15) is 17.0 Å². The van der Waals surface area contributed by atoms with Crippen molar-refractivity contribution in [3.8, 4) is 11.3 Å². The van der Waals surface area contributed by atoms with Crippen molar-refractivity contribution in [1.82, 2.24) is 19.1 Å². The van der Waals surface area contributed by atoms with Gasteiger partial charge in [0.15, 0.2) is 0 Å². The van der Waals surface area contributed by atoms with Crippen LogP contribution in [0.2, 0.25) is 0 Å². The summed E-state index contributed by atoms with van der Waals surface area (Å²) in [5, 5.41) is 3.93. The maximum Gasteiger partial charge on any atom is 0.273 e. The Morgan fingerprint density at radius 2 is 2.00 bits per heavy atom. The molecule has 0 bridgehead atoms. The molecule has 3 aromatic heterocycles. The fraction of sp³-hybridized carbons (Fsp3) is 0.176. The van der Waals surface area contributed by atoms with Gasteiger partial charge in [0.1, 0.15) is 21.7 Å². The van der Waals surface area contributed by atoms with Gasteiger partial charge in [-0.2, -0.15) is 4.37 Å². The monoisotopic (exact) mass is 338 g/mol. The quantitative estimate of drug-likeness (QED) is 0.573.